The number of aryl methyl sites for hydroxylation is 2. The Bertz CT molecular complexity index is 900. The van der Waals surface area contributed by atoms with Gasteiger partial charge < -0.3 is 5.32 Å². The molecular formula is C42H71N. The van der Waals surface area contributed by atoms with Crippen LogP contribution in [0.3, 0.4) is 0 Å². The number of rotatable bonds is 29. The lowest BCUT2D eigenvalue weighted by atomic mass is 9.94. The van der Waals surface area contributed by atoms with E-state index in [0.717, 1.165) is 0 Å². The first-order valence-electron chi connectivity index (χ1n) is 19.2. The normalized spacial score (nSPS) is 11.3. The van der Waals surface area contributed by atoms with Gasteiger partial charge in [0.25, 0.3) is 0 Å². The molecule has 0 atom stereocenters. The van der Waals surface area contributed by atoms with Gasteiger partial charge in [0.2, 0.25) is 0 Å². The molecule has 0 aliphatic rings. The van der Waals surface area contributed by atoms with E-state index in [9.17, 15) is 0 Å². The van der Waals surface area contributed by atoms with Gasteiger partial charge in [-0.3, -0.25) is 0 Å². The van der Waals surface area contributed by atoms with Crippen LogP contribution < -0.4 is 5.32 Å². The van der Waals surface area contributed by atoms with Crippen molar-refractivity contribution in [2.24, 2.45) is 0 Å². The molecule has 2 rings (SSSR count). The number of hydrogen-bond acceptors (Lipinski definition) is 1. The third-order valence-electron chi connectivity index (χ3n) is 9.38. The fraction of sp³-hybridized carbons (Fsp3) is 0.714. The molecule has 0 aromatic heterocycles. The fourth-order valence-corrected chi connectivity index (χ4v) is 6.59. The van der Waals surface area contributed by atoms with E-state index in [2.05, 4.69) is 68.6 Å². The van der Waals surface area contributed by atoms with E-state index in [4.69, 9.17) is 0 Å². The van der Waals surface area contributed by atoms with Gasteiger partial charge in [0, 0.05) is 11.4 Å². The van der Waals surface area contributed by atoms with E-state index >= 15 is 0 Å². The summed E-state index contributed by atoms with van der Waals surface area (Å²) in [5.74, 6) is 0. The second kappa shape index (κ2) is 26.6. The largest absolute Gasteiger partial charge is 0.355 e. The molecule has 0 aliphatic heterocycles. The first-order chi connectivity index (χ1) is 21.3. The monoisotopic (exact) mass is 590 g/mol. The first kappa shape index (κ1) is 37.4. The van der Waals surface area contributed by atoms with Gasteiger partial charge >= 0.3 is 0 Å². The summed E-state index contributed by atoms with van der Waals surface area (Å²) in [4.78, 5) is 0. The minimum Gasteiger partial charge on any atom is -0.355 e. The highest BCUT2D eigenvalue weighted by atomic mass is 14.9. The van der Waals surface area contributed by atoms with E-state index in [0.29, 0.717) is 0 Å². The van der Waals surface area contributed by atoms with Crippen molar-refractivity contribution >= 4 is 11.4 Å². The summed E-state index contributed by atoms with van der Waals surface area (Å²) in [7, 11) is 0. The maximum atomic E-state index is 3.89. The van der Waals surface area contributed by atoms with Crippen LogP contribution in [0.1, 0.15) is 192 Å². The predicted molar refractivity (Wildman–Crippen MR) is 195 cm³/mol. The summed E-state index contributed by atoms with van der Waals surface area (Å²) in [6.07, 6.45) is 36.9. The summed E-state index contributed by atoms with van der Waals surface area (Å²) < 4.78 is 0. The fourth-order valence-electron chi connectivity index (χ4n) is 6.59. The van der Waals surface area contributed by atoms with Crippen molar-refractivity contribution in [3.05, 3.63) is 59.2 Å². The maximum Gasteiger partial charge on any atom is 0.0419 e. The third-order valence-corrected chi connectivity index (χ3v) is 9.38. The molecular weight excluding hydrogens is 518 g/mol. The Hall–Kier alpha value is -1.76. The van der Waals surface area contributed by atoms with Crippen molar-refractivity contribution in [3.63, 3.8) is 0 Å². The molecule has 0 spiro atoms. The highest BCUT2D eigenvalue weighted by Gasteiger charge is 2.10. The molecule has 0 unspecified atom stereocenters. The number of anilines is 2. The Labute approximate surface area is 269 Å². The molecule has 43 heavy (non-hydrogen) atoms. The molecule has 2 aromatic carbocycles. The summed E-state index contributed by atoms with van der Waals surface area (Å²) >= 11 is 0. The van der Waals surface area contributed by atoms with Gasteiger partial charge in [-0.25, -0.2) is 0 Å². The average molecular weight is 590 g/mol. The van der Waals surface area contributed by atoms with Crippen LogP contribution in [0, 0.1) is 0 Å². The molecule has 0 aliphatic carbocycles. The second-order valence-electron chi connectivity index (χ2n) is 13.4. The Morgan fingerprint density at radius 2 is 0.860 bits per heavy atom. The molecule has 0 amide bonds. The number of benzene rings is 2. The third kappa shape index (κ3) is 18.6. The lowest BCUT2D eigenvalue weighted by Gasteiger charge is -2.17. The van der Waals surface area contributed by atoms with Gasteiger partial charge in [0.1, 0.15) is 0 Å². The second-order valence-corrected chi connectivity index (χ2v) is 13.4. The molecule has 2 aromatic rings. The van der Waals surface area contributed by atoms with E-state index in [-0.39, 0.29) is 0 Å². The van der Waals surface area contributed by atoms with Crippen molar-refractivity contribution < 1.29 is 0 Å². The minimum absolute atomic E-state index is 1.20. The summed E-state index contributed by atoms with van der Waals surface area (Å²) in [5, 5.41) is 3.89. The molecule has 1 nitrogen and oxygen atoms in total. The van der Waals surface area contributed by atoms with Crippen LogP contribution >= 0.6 is 0 Å². The number of nitrogens with one attached hydrogen (secondary N) is 1. The average Bonchev–Trinajstić information content (AvgIpc) is 3.02. The van der Waals surface area contributed by atoms with Gasteiger partial charge in [-0.05, 0) is 73.4 Å². The van der Waals surface area contributed by atoms with Crippen LogP contribution in [-0.4, -0.2) is 0 Å². The van der Waals surface area contributed by atoms with Gasteiger partial charge in [0.05, 0.1) is 0 Å². The highest BCUT2D eigenvalue weighted by Crippen LogP contribution is 2.28. The summed E-state index contributed by atoms with van der Waals surface area (Å²) in [6.45, 7) is 6.92. The van der Waals surface area contributed by atoms with Crippen molar-refractivity contribution in [1.29, 1.82) is 0 Å². The predicted octanol–water partition coefficient (Wildman–Crippen LogP) is 14.5. The molecule has 0 fully saturated rings. The Balaban J connectivity index is 1.92. The Morgan fingerprint density at radius 3 is 1.40 bits per heavy atom. The molecule has 0 bridgehead atoms. The number of unbranched alkanes of at least 4 members (excludes halogenated alkanes) is 21. The molecule has 244 valence electrons. The quantitative estimate of drug-likeness (QED) is 0.0931. The molecule has 0 saturated heterocycles. The molecule has 0 radical (unpaired) electrons. The van der Waals surface area contributed by atoms with Gasteiger partial charge in [-0.15, -0.1) is 0 Å². The summed E-state index contributed by atoms with van der Waals surface area (Å²) in [6, 6.07) is 16.3. The van der Waals surface area contributed by atoms with Crippen molar-refractivity contribution in [2.45, 2.75) is 194 Å². The number of hydrogen-bond donors (Lipinski definition) is 1. The summed E-state index contributed by atoms with van der Waals surface area (Å²) in [5.41, 5.74) is 7.28. The lowest BCUT2D eigenvalue weighted by molar-refractivity contribution is 0.571. The van der Waals surface area contributed by atoms with Gasteiger partial charge in [-0.1, -0.05) is 180 Å². The highest BCUT2D eigenvalue weighted by molar-refractivity contribution is 5.65. The minimum atomic E-state index is 1.20. The molecule has 0 saturated carbocycles. The van der Waals surface area contributed by atoms with E-state index in [1.54, 1.807) is 11.1 Å². The molecule has 1 N–H and O–H groups in total. The standard InChI is InChI=1S/C42H71N/c1-4-7-10-13-16-19-22-25-30-38-31-28-34-40(37-38)43-42-36-29-33-39(32-26-23-20-17-14-11-8-5-2)41(42)35-27-24-21-18-15-12-9-6-3/h28-29,31,33-34,36-37,43H,4-27,30,32,35H2,1-3H3. The van der Waals surface area contributed by atoms with E-state index < -0.39 is 0 Å². The van der Waals surface area contributed by atoms with Crippen LogP contribution in [0.5, 0.6) is 0 Å². The topological polar surface area (TPSA) is 12.0 Å². The van der Waals surface area contributed by atoms with Crippen LogP contribution in [-0.2, 0) is 19.3 Å². The zero-order valence-electron chi connectivity index (χ0n) is 29.1. The smallest absolute Gasteiger partial charge is 0.0419 e. The van der Waals surface area contributed by atoms with Crippen molar-refractivity contribution in [3.8, 4) is 0 Å². The zero-order chi connectivity index (χ0) is 30.6. The zero-order valence-corrected chi connectivity index (χ0v) is 29.1. The maximum absolute atomic E-state index is 3.89. The Morgan fingerprint density at radius 1 is 0.419 bits per heavy atom. The van der Waals surface area contributed by atoms with Gasteiger partial charge in [0.15, 0.2) is 0 Å². The SMILES string of the molecule is CCCCCCCCCCc1cccc(Nc2cccc(CCCCCCCCCC)c2CCCCCCCCCC)c1. The van der Waals surface area contributed by atoms with E-state index in [1.807, 2.05) is 0 Å². The lowest BCUT2D eigenvalue weighted by Crippen LogP contribution is -2.02. The van der Waals surface area contributed by atoms with Crippen LogP contribution in [0.15, 0.2) is 42.5 Å². The van der Waals surface area contributed by atoms with Crippen LogP contribution in [0.4, 0.5) is 11.4 Å². The Kier molecular flexibility index (Phi) is 23.2. The molecule has 1 heteroatoms. The van der Waals surface area contributed by atoms with Crippen LogP contribution in [0.2, 0.25) is 0 Å². The van der Waals surface area contributed by atoms with Crippen molar-refractivity contribution in [2.75, 3.05) is 5.32 Å². The van der Waals surface area contributed by atoms with E-state index in [1.165, 1.54) is 190 Å². The van der Waals surface area contributed by atoms with Crippen molar-refractivity contribution in [1.82, 2.24) is 0 Å². The van der Waals surface area contributed by atoms with Crippen LogP contribution in [0.25, 0.3) is 0 Å². The molecule has 0 heterocycles. The first-order valence-corrected chi connectivity index (χ1v) is 19.2. The van der Waals surface area contributed by atoms with Gasteiger partial charge in [-0.2, -0.15) is 0 Å².